The summed E-state index contributed by atoms with van der Waals surface area (Å²) in [6, 6.07) is 49.3. The maximum absolute atomic E-state index is 6.84. The molecule has 0 radical (unpaired) electrons. The Morgan fingerprint density at radius 3 is 2.48 bits per heavy atom. The zero-order valence-electron chi connectivity index (χ0n) is 30.9. The predicted molar refractivity (Wildman–Crippen MR) is 234 cm³/mol. The number of aryl methyl sites for hydroxylation is 1. The van der Waals surface area contributed by atoms with Crippen molar-refractivity contribution < 1.29 is 4.42 Å². The quantitative estimate of drug-likeness (QED) is 0.175. The van der Waals surface area contributed by atoms with Crippen LogP contribution in [0, 0.1) is 0 Å². The molecule has 0 N–H and O–H groups in total. The number of benzene rings is 6. The van der Waals surface area contributed by atoms with E-state index >= 15 is 0 Å². The molecule has 4 heteroatoms. The van der Waals surface area contributed by atoms with E-state index in [0.717, 1.165) is 42.4 Å². The van der Waals surface area contributed by atoms with E-state index in [2.05, 4.69) is 179 Å². The van der Waals surface area contributed by atoms with Crippen LogP contribution in [0.2, 0.25) is 0 Å². The number of hydrogen-bond acceptors (Lipinski definition) is 3. The molecule has 2 unspecified atom stereocenters. The SMILES string of the molecule is C1=CC(c2cccc3c(N(C4=c5oc6ccccc6c5=CCC4)c4ccc5c6c(n(-c7ccccc7)c5c4)C=CCC6)cccc23)C2C(=C1)Sc1ccccc12. The van der Waals surface area contributed by atoms with Crippen molar-refractivity contribution in [1.29, 1.82) is 0 Å². The van der Waals surface area contributed by atoms with Crippen molar-refractivity contribution in [3.8, 4) is 5.69 Å². The Morgan fingerprint density at radius 1 is 0.696 bits per heavy atom. The molecule has 0 fully saturated rings. The van der Waals surface area contributed by atoms with Crippen molar-refractivity contribution in [1.82, 2.24) is 4.57 Å². The molecule has 0 amide bonds. The van der Waals surface area contributed by atoms with E-state index in [4.69, 9.17) is 4.42 Å². The van der Waals surface area contributed by atoms with Crippen LogP contribution in [0.4, 0.5) is 11.4 Å². The summed E-state index contributed by atoms with van der Waals surface area (Å²) in [5.41, 5.74) is 13.3. The van der Waals surface area contributed by atoms with Crippen molar-refractivity contribution in [2.24, 2.45) is 0 Å². The Labute approximate surface area is 329 Å². The highest BCUT2D eigenvalue weighted by Gasteiger charge is 2.36. The number of fused-ring (bicyclic) bond motifs is 10. The van der Waals surface area contributed by atoms with Crippen molar-refractivity contribution in [3.63, 3.8) is 0 Å². The third kappa shape index (κ3) is 4.79. The lowest BCUT2D eigenvalue weighted by Gasteiger charge is -2.31. The third-order valence-electron chi connectivity index (χ3n) is 12.4. The number of para-hydroxylation sites is 2. The van der Waals surface area contributed by atoms with Gasteiger partial charge < -0.3 is 13.9 Å². The van der Waals surface area contributed by atoms with Gasteiger partial charge in [-0.3, -0.25) is 0 Å². The van der Waals surface area contributed by atoms with Gasteiger partial charge >= 0.3 is 0 Å². The normalized spacial score (nSPS) is 18.1. The van der Waals surface area contributed by atoms with Crippen LogP contribution in [-0.2, 0) is 6.42 Å². The van der Waals surface area contributed by atoms with Crippen LogP contribution in [0.25, 0.3) is 56.2 Å². The van der Waals surface area contributed by atoms with Gasteiger partial charge in [-0.2, -0.15) is 0 Å². The highest BCUT2D eigenvalue weighted by atomic mass is 32.2. The summed E-state index contributed by atoms with van der Waals surface area (Å²) < 4.78 is 9.31. The fourth-order valence-electron chi connectivity index (χ4n) is 9.97. The molecular formula is C52H38N2OS. The second-order valence-corrected chi connectivity index (χ2v) is 16.5. The number of allylic oxidation sites excluding steroid dienone is 5. The molecule has 8 aromatic rings. The minimum absolute atomic E-state index is 0.238. The van der Waals surface area contributed by atoms with E-state index in [1.165, 1.54) is 81.5 Å². The lowest BCUT2D eigenvalue weighted by Crippen LogP contribution is -2.33. The molecule has 2 aromatic heterocycles. The summed E-state index contributed by atoms with van der Waals surface area (Å²) in [6.07, 6.45) is 17.9. The van der Waals surface area contributed by atoms with Crippen LogP contribution in [0.3, 0.4) is 0 Å². The van der Waals surface area contributed by atoms with Gasteiger partial charge in [0.15, 0.2) is 5.42 Å². The molecule has 268 valence electrons. The Hall–Kier alpha value is -6.23. The first-order valence-electron chi connectivity index (χ1n) is 19.9. The fraction of sp³-hybridized carbons (Fsp3) is 0.115. The Bertz CT molecular complexity index is 3140. The van der Waals surface area contributed by atoms with Gasteiger partial charge in [-0.15, -0.1) is 0 Å². The Kier molecular flexibility index (Phi) is 7.25. The zero-order valence-corrected chi connectivity index (χ0v) is 31.7. The minimum atomic E-state index is 0.238. The predicted octanol–water partition coefficient (Wildman–Crippen LogP) is 12.4. The fourth-order valence-corrected chi connectivity index (χ4v) is 11.2. The van der Waals surface area contributed by atoms with Gasteiger partial charge in [-0.1, -0.05) is 133 Å². The summed E-state index contributed by atoms with van der Waals surface area (Å²) >= 11 is 1.93. The second kappa shape index (κ2) is 12.7. The molecule has 4 aliphatic rings. The van der Waals surface area contributed by atoms with Gasteiger partial charge in [-0.25, -0.2) is 0 Å². The molecule has 0 saturated carbocycles. The summed E-state index contributed by atoms with van der Waals surface area (Å²) in [5.74, 6) is 0.559. The standard InChI is InChI=1S/C52H38N2OS/c1-2-14-33(15-3-1)53-44-24-7-4-16-38(44)39-31-30-34(32-47(39)53)54(46-26-12-23-42-40-17-5-8-27-48(40)55-52(42)46)45-25-11-20-35-36(19-10-21-37(35)45)41-22-13-29-50-51(41)43-18-6-9-28-49(43)56-50/h1-3,5-11,13-15,17-25,27-32,41,51H,4,12,16,26H2. The molecule has 3 heterocycles. The number of aromatic nitrogens is 1. The van der Waals surface area contributed by atoms with Crippen LogP contribution in [0.15, 0.2) is 172 Å². The van der Waals surface area contributed by atoms with Crippen molar-refractivity contribution in [2.45, 2.75) is 42.4 Å². The summed E-state index contributed by atoms with van der Waals surface area (Å²) in [6.45, 7) is 0. The van der Waals surface area contributed by atoms with E-state index in [1.54, 1.807) is 0 Å². The third-order valence-corrected chi connectivity index (χ3v) is 13.6. The highest BCUT2D eigenvalue weighted by Crippen LogP contribution is 2.57. The molecule has 1 aliphatic heterocycles. The van der Waals surface area contributed by atoms with E-state index in [9.17, 15) is 0 Å². The zero-order chi connectivity index (χ0) is 36.7. The molecule has 56 heavy (non-hydrogen) atoms. The van der Waals surface area contributed by atoms with E-state index < -0.39 is 0 Å². The number of rotatable bonds is 5. The average molecular weight is 739 g/mol. The monoisotopic (exact) mass is 738 g/mol. The summed E-state index contributed by atoms with van der Waals surface area (Å²) in [7, 11) is 0. The van der Waals surface area contributed by atoms with Crippen molar-refractivity contribution >= 4 is 73.6 Å². The first-order chi connectivity index (χ1) is 27.8. The van der Waals surface area contributed by atoms with Crippen LogP contribution < -0.4 is 15.5 Å². The number of thioether (sulfide) groups is 1. The van der Waals surface area contributed by atoms with E-state index in [-0.39, 0.29) is 5.92 Å². The Balaban J connectivity index is 1.12. The van der Waals surface area contributed by atoms with Crippen LogP contribution in [-0.4, -0.2) is 4.57 Å². The van der Waals surface area contributed by atoms with Gasteiger partial charge in [0.2, 0.25) is 0 Å². The van der Waals surface area contributed by atoms with Crippen LogP contribution >= 0.6 is 11.8 Å². The lowest BCUT2D eigenvalue weighted by molar-refractivity contribution is 0.566. The highest BCUT2D eigenvalue weighted by molar-refractivity contribution is 8.03. The smallest absolute Gasteiger partial charge is 0.154 e. The number of furan rings is 1. The average Bonchev–Trinajstić information content (AvgIpc) is 3.94. The Morgan fingerprint density at radius 2 is 1.52 bits per heavy atom. The maximum atomic E-state index is 6.84. The number of anilines is 2. The first-order valence-corrected chi connectivity index (χ1v) is 20.7. The molecule has 6 aromatic carbocycles. The van der Waals surface area contributed by atoms with Gasteiger partial charge in [0.05, 0.1) is 16.9 Å². The topological polar surface area (TPSA) is 21.3 Å². The number of hydrogen-bond donors (Lipinski definition) is 0. The van der Waals surface area contributed by atoms with Gasteiger partial charge in [0, 0.05) is 55.2 Å². The van der Waals surface area contributed by atoms with Crippen molar-refractivity contribution in [2.75, 3.05) is 4.90 Å². The van der Waals surface area contributed by atoms with E-state index in [1.807, 2.05) is 11.8 Å². The number of nitrogens with zero attached hydrogens (tertiary/aromatic N) is 2. The lowest BCUT2D eigenvalue weighted by atomic mass is 9.77. The summed E-state index contributed by atoms with van der Waals surface area (Å²) in [4.78, 5) is 5.34. The summed E-state index contributed by atoms with van der Waals surface area (Å²) in [5, 5.41) is 6.24. The molecule has 12 rings (SSSR count). The molecule has 3 nitrogen and oxygen atoms in total. The first kappa shape index (κ1) is 32.1. The minimum Gasteiger partial charge on any atom is -0.454 e. The largest absolute Gasteiger partial charge is 0.454 e. The van der Waals surface area contributed by atoms with Crippen LogP contribution in [0.1, 0.15) is 53.5 Å². The molecule has 0 saturated heterocycles. The van der Waals surface area contributed by atoms with Gasteiger partial charge in [-0.05, 0) is 101 Å². The van der Waals surface area contributed by atoms with E-state index in [0.29, 0.717) is 5.92 Å². The molecule has 0 spiro atoms. The maximum Gasteiger partial charge on any atom is 0.154 e. The molecular weight excluding hydrogens is 701 g/mol. The second-order valence-electron chi connectivity index (χ2n) is 15.4. The molecule has 3 aliphatic carbocycles. The van der Waals surface area contributed by atoms with Crippen LogP contribution in [0.5, 0.6) is 0 Å². The van der Waals surface area contributed by atoms with Gasteiger partial charge in [0.1, 0.15) is 5.58 Å². The molecule has 0 bridgehead atoms. The molecule has 2 atom stereocenters. The van der Waals surface area contributed by atoms with Crippen molar-refractivity contribution in [3.05, 3.63) is 196 Å². The van der Waals surface area contributed by atoms with Gasteiger partial charge in [0.25, 0.3) is 0 Å².